The molecule has 2 N–H and O–H groups in total. The van der Waals surface area contributed by atoms with E-state index in [1.54, 1.807) is 0 Å². The van der Waals surface area contributed by atoms with Gasteiger partial charge in [-0.15, -0.1) is 0 Å². The second-order valence-electron chi connectivity index (χ2n) is 4.52. The molecule has 0 unspecified atom stereocenters. The van der Waals surface area contributed by atoms with Crippen LogP contribution in [0.4, 0.5) is 18.9 Å². The third kappa shape index (κ3) is 4.04. The zero-order valence-electron chi connectivity index (χ0n) is 11.4. The lowest BCUT2D eigenvalue weighted by atomic mass is 10.2. The smallest absolute Gasteiger partial charge is 0.416 e. The highest BCUT2D eigenvalue weighted by atomic mass is 35.5. The van der Waals surface area contributed by atoms with E-state index in [0.29, 0.717) is 12.1 Å². The molecule has 24 heavy (non-hydrogen) atoms. The van der Waals surface area contributed by atoms with Crippen LogP contribution in [0.3, 0.4) is 0 Å². The summed E-state index contributed by atoms with van der Waals surface area (Å²) in [5, 5.41) is -0.460. The molecule has 2 aromatic rings. The second-order valence-corrected chi connectivity index (χ2v) is 6.71. The molecular weight excluding hydrogens is 394 g/mol. The van der Waals surface area contributed by atoms with Crippen molar-refractivity contribution in [3.8, 4) is 11.5 Å². The highest BCUT2D eigenvalue weighted by Crippen LogP contribution is 2.41. The van der Waals surface area contributed by atoms with E-state index >= 15 is 0 Å². The van der Waals surface area contributed by atoms with Crippen LogP contribution in [-0.2, 0) is 16.3 Å². The molecule has 11 heteroatoms. The lowest BCUT2D eigenvalue weighted by Crippen LogP contribution is -2.07. The average Bonchev–Trinajstić information content (AvgIpc) is 2.40. The van der Waals surface area contributed by atoms with Crippen molar-refractivity contribution in [1.82, 2.24) is 0 Å². The number of nitrogens with two attached hydrogens (primary N) is 1. The molecule has 0 saturated heterocycles. The van der Waals surface area contributed by atoms with E-state index in [4.69, 9.17) is 33.7 Å². The molecule has 0 aliphatic carbocycles. The number of alkyl halides is 3. The highest BCUT2D eigenvalue weighted by molar-refractivity contribution is 7.85. The van der Waals surface area contributed by atoms with Crippen LogP contribution in [0, 0.1) is 0 Å². The van der Waals surface area contributed by atoms with Gasteiger partial charge in [-0.1, -0.05) is 23.2 Å². The summed E-state index contributed by atoms with van der Waals surface area (Å²) < 4.78 is 76.8. The minimum absolute atomic E-state index is 0.137. The van der Waals surface area contributed by atoms with E-state index < -0.39 is 38.2 Å². The first-order valence-electron chi connectivity index (χ1n) is 5.99. The number of ether oxygens (including phenoxy) is 1. The van der Waals surface area contributed by atoms with Gasteiger partial charge in [0.05, 0.1) is 21.2 Å². The van der Waals surface area contributed by atoms with Crippen molar-refractivity contribution in [3.05, 3.63) is 45.9 Å². The monoisotopic (exact) mass is 400 g/mol. The van der Waals surface area contributed by atoms with Gasteiger partial charge in [0.2, 0.25) is 0 Å². The average molecular weight is 401 g/mol. The Morgan fingerprint density at radius 2 is 1.75 bits per heavy atom. The minimum Gasteiger partial charge on any atom is -0.744 e. The van der Waals surface area contributed by atoms with Crippen LogP contribution < -0.4 is 10.5 Å². The summed E-state index contributed by atoms with van der Waals surface area (Å²) in [6, 6.07) is 4.08. The number of hydrogen-bond acceptors (Lipinski definition) is 5. The largest absolute Gasteiger partial charge is 0.744 e. The Kier molecular flexibility index (Phi) is 4.91. The molecule has 0 aliphatic heterocycles. The quantitative estimate of drug-likeness (QED) is 0.612. The van der Waals surface area contributed by atoms with Crippen molar-refractivity contribution in [2.24, 2.45) is 0 Å². The predicted molar refractivity (Wildman–Crippen MR) is 80.4 cm³/mol. The van der Waals surface area contributed by atoms with Crippen LogP contribution in [0.2, 0.25) is 10.0 Å². The van der Waals surface area contributed by atoms with Crippen molar-refractivity contribution in [2.45, 2.75) is 11.1 Å². The molecular formula is C13H7Cl2F3NO4S-. The lowest BCUT2D eigenvalue weighted by molar-refractivity contribution is -0.137. The van der Waals surface area contributed by atoms with Crippen molar-refractivity contribution >= 4 is 39.0 Å². The van der Waals surface area contributed by atoms with E-state index in [0.717, 1.165) is 18.2 Å². The molecule has 0 aromatic heterocycles. The number of rotatable bonds is 3. The van der Waals surface area contributed by atoms with Gasteiger partial charge in [-0.25, -0.2) is 8.42 Å². The summed E-state index contributed by atoms with van der Waals surface area (Å²) in [5.74, 6) is -0.889. The van der Waals surface area contributed by atoms with Crippen LogP contribution in [0.5, 0.6) is 11.5 Å². The van der Waals surface area contributed by atoms with Gasteiger partial charge in [0.25, 0.3) is 0 Å². The Hall–Kier alpha value is -1.68. The Bertz CT molecular complexity index is 901. The minimum atomic E-state index is -5.01. The summed E-state index contributed by atoms with van der Waals surface area (Å²) in [6.07, 6.45) is -4.62. The Morgan fingerprint density at radius 3 is 2.25 bits per heavy atom. The first-order chi connectivity index (χ1) is 10.9. The van der Waals surface area contributed by atoms with Gasteiger partial charge >= 0.3 is 6.18 Å². The Labute approximate surface area is 144 Å². The maximum atomic E-state index is 12.6. The number of hydrogen-bond donors (Lipinski definition) is 1. The van der Waals surface area contributed by atoms with Gasteiger partial charge in [-0.3, -0.25) is 0 Å². The van der Waals surface area contributed by atoms with Gasteiger partial charge in [0.15, 0.2) is 5.75 Å². The molecule has 0 aliphatic rings. The van der Waals surface area contributed by atoms with Crippen LogP contribution in [0.25, 0.3) is 0 Å². The van der Waals surface area contributed by atoms with Gasteiger partial charge < -0.3 is 15.0 Å². The fourth-order valence-corrected chi connectivity index (χ4v) is 3.05. The highest BCUT2D eigenvalue weighted by Gasteiger charge is 2.31. The molecule has 2 aromatic carbocycles. The van der Waals surface area contributed by atoms with Gasteiger partial charge in [0.1, 0.15) is 15.9 Å². The lowest BCUT2D eigenvalue weighted by Gasteiger charge is -2.17. The fourth-order valence-electron chi connectivity index (χ4n) is 1.75. The number of benzene rings is 2. The standard InChI is InChI=1S/C13H8Cl2F3NO4S/c14-7-4-8(15)12(11(5-7)24(20,21)22)23-10-2-1-6(3-9(10)19)13(16,17)18/h1-5H,19H2,(H,20,21,22)/p-1. The van der Waals surface area contributed by atoms with Crippen molar-refractivity contribution in [2.75, 3.05) is 5.73 Å². The molecule has 0 fully saturated rings. The molecule has 0 radical (unpaired) electrons. The first-order valence-corrected chi connectivity index (χ1v) is 8.15. The zero-order chi connectivity index (χ0) is 18.3. The first kappa shape index (κ1) is 18.7. The summed E-state index contributed by atoms with van der Waals surface area (Å²) >= 11 is 11.5. The van der Waals surface area contributed by atoms with Crippen LogP contribution in [0.15, 0.2) is 35.2 Å². The van der Waals surface area contributed by atoms with Gasteiger partial charge in [-0.05, 0) is 30.3 Å². The van der Waals surface area contributed by atoms with Crippen LogP contribution in [0.1, 0.15) is 5.56 Å². The Balaban J connectivity index is 2.53. The summed E-state index contributed by atoms with van der Waals surface area (Å²) in [4.78, 5) is -0.862. The summed E-state index contributed by atoms with van der Waals surface area (Å²) in [6.45, 7) is 0. The van der Waals surface area contributed by atoms with Crippen LogP contribution >= 0.6 is 23.2 Å². The number of halogens is 5. The van der Waals surface area contributed by atoms with Crippen LogP contribution in [-0.4, -0.2) is 13.0 Å². The molecule has 0 bridgehead atoms. The zero-order valence-corrected chi connectivity index (χ0v) is 13.7. The molecule has 2 rings (SSSR count). The number of anilines is 1. The van der Waals surface area contributed by atoms with Crippen molar-refractivity contribution in [3.63, 3.8) is 0 Å². The number of nitrogen functional groups attached to an aromatic ring is 1. The van der Waals surface area contributed by atoms with Gasteiger partial charge in [-0.2, -0.15) is 13.2 Å². The SMILES string of the molecule is Nc1cc(C(F)(F)F)ccc1Oc1c(Cl)cc(Cl)cc1S(=O)(=O)[O-]. The normalized spacial score (nSPS) is 12.2. The predicted octanol–water partition coefficient (Wildman–Crippen LogP) is 4.29. The van der Waals surface area contributed by atoms with Crippen molar-refractivity contribution < 1.29 is 30.9 Å². The molecule has 0 spiro atoms. The molecule has 0 heterocycles. The van der Waals surface area contributed by atoms with Crippen molar-refractivity contribution in [1.29, 1.82) is 0 Å². The van der Waals surface area contributed by atoms with E-state index in [1.165, 1.54) is 0 Å². The fraction of sp³-hybridized carbons (Fsp3) is 0.0769. The third-order valence-corrected chi connectivity index (χ3v) is 4.13. The van der Waals surface area contributed by atoms with E-state index in [9.17, 15) is 26.1 Å². The molecule has 0 saturated carbocycles. The van der Waals surface area contributed by atoms with Gasteiger partial charge in [0, 0.05) is 5.02 Å². The van der Waals surface area contributed by atoms with E-state index in [1.807, 2.05) is 0 Å². The molecule has 0 amide bonds. The molecule has 0 atom stereocenters. The maximum Gasteiger partial charge on any atom is 0.416 e. The molecule has 5 nitrogen and oxygen atoms in total. The topological polar surface area (TPSA) is 92.5 Å². The maximum absolute atomic E-state index is 12.6. The summed E-state index contributed by atoms with van der Waals surface area (Å²) in [5.41, 5.74) is 4.04. The summed E-state index contributed by atoms with van der Waals surface area (Å²) in [7, 11) is -5.01. The van der Waals surface area contributed by atoms with E-state index in [2.05, 4.69) is 0 Å². The van der Waals surface area contributed by atoms with E-state index in [-0.39, 0.29) is 15.8 Å². The second kappa shape index (κ2) is 6.32. The Morgan fingerprint density at radius 1 is 1.12 bits per heavy atom. The third-order valence-electron chi connectivity index (χ3n) is 2.79. The molecule has 130 valence electrons.